The molecule has 0 N–H and O–H groups in total. The molecule has 0 saturated carbocycles. The van der Waals surface area contributed by atoms with Crippen molar-refractivity contribution in [3.63, 3.8) is 0 Å². The Kier molecular flexibility index (Phi) is 4.09. The zero-order valence-electron chi connectivity index (χ0n) is 13.7. The summed E-state index contributed by atoms with van der Waals surface area (Å²) in [6, 6.07) is 12.2. The molecule has 1 saturated heterocycles. The quantitative estimate of drug-likeness (QED) is 0.737. The lowest BCUT2D eigenvalue weighted by molar-refractivity contribution is 0.309. The van der Waals surface area contributed by atoms with E-state index in [0.717, 1.165) is 43.1 Å². The number of aryl methyl sites for hydroxylation is 1. The zero-order chi connectivity index (χ0) is 16.4. The van der Waals surface area contributed by atoms with Crippen molar-refractivity contribution < 1.29 is 4.52 Å². The lowest BCUT2D eigenvalue weighted by Gasteiger charge is -2.14. The lowest BCUT2D eigenvalue weighted by atomic mass is 10.1. The van der Waals surface area contributed by atoms with Gasteiger partial charge in [0.25, 0.3) is 0 Å². The Bertz CT molecular complexity index is 815. The maximum Gasteiger partial charge on any atom is 0.231 e. The third-order valence-corrected chi connectivity index (χ3v) is 4.58. The third-order valence-electron chi connectivity index (χ3n) is 4.58. The van der Waals surface area contributed by atoms with Crippen LogP contribution in [0, 0.1) is 6.92 Å². The van der Waals surface area contributed by atoms with Gasteiger partial charge in [-0.1, -0.05) is 35.5 Å². The Balaban J connectivity index is 1.45. The van der Waals surface area contributed by atoms with Crippen LogP contribution in [0.4, 0.5) is 0 Å². The highest BCUT2D eigenvalue weighted by atomic mass is 16.5. The first-order valence-electron chi connectivity index (χ1n) is 8.30. The van der Waals surface area contributed by atoms with Gasteiger partial charge in [-0.2, -0.15) is 4.98 Å². The molecule has 0 amide bonds. The maximum absolute atomic E-state index is 5.56. The summed E-state index contributed by atoms with van der Waals surface area (Å²) in [7, 11) is 0. The van der Waals surface area contributed by atoms with Crippen molar-refractivity contribution in [3.05, 3.63) is 65.8 Å². The third kappa shape index (κ3) is 3.08. The molecule has 122 valence electrons. The van der Waals surface area contributed by atoms with Crippen molar-refractivity contribution in [3.8, 4) is 11.4 Å². The topological polar surface area (TPSA) is 55.1 Å². The average Bonchev–Trinajstić information content (AvgIpc) is 3.25. The second kappa shape index (κ2) is 6.53. The minimum atomic E-state index is 0.312. The fourth-order valence-corrected chi connectivity index (χ4v) is 3.26. The first-order chi connectivity index (χ1) is 11.8. The molecule has 5 nitrogen and oxygen atoms in total. The van der Waals surface area contributed by atoms with Crippen molar-refractivity contribution in [1.29, 1.82) is 0 Å². The molecule has 3 heterocycles. The number of benzene rings is 1. The highest BCUT2D eigenvalue weighted by Crippen LogP contribution is 2.29. The SMILES string of the molecule is Cc1ccccc1-c1noc([C@H]2CCN(Cc3cccnc3)C2)n1. The summed E-state index contributed by atoms with van der Waals surface area (Å²) >= 11 is 0. The summed E-state index contributed by atoms with van der Waals surface area (Å²) < 4.78 is 5.56. The Morgan fingerprint density at radius 3 is 2.96 bits per heavy atom. The van der Waals surface area contributed by atoms with E-state index in [4.69, 9.17) is 4.52 Å². The van der Waals surface area contributed by atoms with E-state index in [2.05, 4.69) is 39.1 Å². The number of likely N-dealkylation sites (tertiary alicyclic amines) is 1. The predicted molar refractivity (Wildman–Crippen MR) is 91.3 cm³/mol. The van der Waals surface area contributed by atoms with Crippen LogP contribution in [0.25, 0.3) is 11.4 Å². The van der Waals surface area contributed by atoms with E-state index in [1.54, 1.807) is 0 Å². The normalized spacial score (nSPS) is 18.1. The van der Waals surface area contributed by atoms with Gasteiger partial charge in [0, 0.05) is 31.0 Å². The number of nitrogens with zero attached hydrogens (tertiary/aromatic N) is 4. The number of pyridine rings is 1. The van der Waals surface area contributed by atoms with Crippen molar-refractivity contribution in [2.45, 2.75) is 25.8 Å². The summed E-state index contributed by atoms with van der Waals surface area (Å²) in [5, 5.41) is 4.19. The van der Waals surface area contributed by atoms with Gasteiger partial charge in [-0.15, -0.1) is 0 Å². The monoisotopic (exact) mass is 320 g/mol. The maximum atomic E-state index is 5.56. The molecule has 1 aliphatic rings. The summed E-state index contributed by atoms with van der Waals surface area (Å²) in [6.45, 7) is 4.98. The van der Waals surface area contributed by atoms with Crippen LogP contribution in [0.3, 0.4) is 0 Å². The Morgan fingerprint density at radius 1 is 1.21 bits per heavy atom. The van der Waals surface area contributed by atoms with E-state index < -0.39 is 0 Å². The van der Waals surface area contributed by atoms with Gasteiger partial charge >= 0.3 is 0 Å². The molecule has 1 atom stereocenters. The fourth-order valence-electron chi connectivity index (χ4n) is 3.26. The number of aromatic nitrogens is 3. The van der Waals surface area contributed by atoms with E-state index >= 15 is 0 Å². The van der Waals surface area contributed by atoms with Crippen LogP contribution in [-0.4, -0.2) is 33.1 Å². The summed E-state index contributed by atoms with van der Waals surface area (Å²) in [4.78, 5) is 11.2. The smallest absolute Gasteiger partial charge is 0.231 e. The van der Waals surface area contributed by atoms with Crippen LogP contribution >= 0.6 is 0 Å². The minimum Gasteiger partial charge on any atom is -0.339 e. The number of rotatable bonds is 4. The highest BCUT2D eigenvalue weighted by molar-refractivity contribution is 5.59. The zero-order valence-corrected chi connectivity index (χ0v) is 13.7. The van der Waals surface area contributed by atoms with E-state index in [1.165, 1.54) is 5.56 Å². The van der Waals surface area contributed by atoms with E-state index in [0.29, 0.717) is 11.7 Å². The molecular formula is C19H20N4O. The molecule has 0 spiro atoms. The largest absolute Gasteiger partial charge is 0.339 e. The minimum absolute atomic E-state index is 0.312. The van der Waals surface area contributed by atoms with Crippen LogP contribution in [-0.2, 0) is 6.54 Å². The molecule has 1 fully saturated rings. The van der Waals surface area contributed by atoms with E-state index in [9.17, 15) is 0 Å². The van der Waals surface area contributed by atoms with Gasteiger partial charge < -0.3 is 4.52 Å². The van der Waals surface area contributed by atoms with Crippen LogP contribution in [0.2, 0.25) is 0 Å². The van der Waals surface area contributed by atoms with Crippen molar-refractivity contribution in [2.24, 2.45) is 0 Å². The molecule has 0 radical (unpaired) electrons. The molecule has 1 aromatic carbocycles. The van der Waals surface area contributed by atoms with E-state index in [-0.39, 0.29) is 0 Å². The van der Waals surface area contributed by atoms with Crippen LogP contribution < -0.4 is 0 Å². The van der Waals surface area contributed by atoms with Gasteiger partial charge in [-0.25, -0.2) is 0 Å². The Morgan fingerprint density at radius 2 is 2.12 bits per heavy atom. The van der Waals surface area contributed by atoms with Crippen LogP contribution in [0.1, 0.15) is 29.4 Å². The van der Waals surface area contributed by atoms with Gasteiger partial charge in [0.05, 0.1) is 5.92 Å². The van der Waals surface area contributed by atoms with E-state index in [1.807, 2.05) is 36.7 Å². The molecule has 0 unspecified atom stereocenters. The standard InChI is InChI=1S/C19H20N4O/c1-14-5-2-3-7-17(14)18-21-19(24-22-18)16-8-10-23(13-16)12-15-6-4-9-20-11-15/h2-7,9,11,16H,8,10,12-13H2,1H3/t16-/m0/s1. The van der Waals surface area contributed by atoms with Crippen LogP contribution in [0.15, 0.2) is 53.3 Å². The van der Waals surface area contributed by atoms with Gasteiger partial charge in [-0.3, -0.25) is 9.88 Å². The number of hydrogen-bond donors (Lipinski definition) is 0. The molecule has 0 bridgehead atoms. The molecule has 4 rings (SSSR count). The molecule has 1 aliphatic heterocycles. The predicted octanol–water partition coefficient (Wildman–Crippen LogP) is 3.43. The first-order valence-corrected chi connectivity index (χ1v) is 8.30. The molecule has 5 heteroatoms. The Hall–Kier alpha value is -2.53. The molecule has 3 aromatic rings. The van der Waals surface area contributed by atoms with Gasteiger partial charge in [0.15, 0.2) is 0 Å². The first kappa shape index (κ1) is 15.0. The van der Waals surface area contributed by atoms with Crippen molar-refractivity contribution >= 4 is 0 Å². The highest BCUT2D eigenvalue weighted by Gasteiger charge is 2.28. The fraction of sp³-hybridized carbons (Fsp3) is 0.316. The van der Waals surface area contributed by atoms with Crippen LogP contribution in [0.5, 0.6) is 0 Å². The van der Waals surface area contributed by atoms with Crippen molar-refractivity contribution in [2.75, 3.05) is 13.1 Å². The Labute approximate surface area is 141 Å². The summed E-state index contributed by atoms with van der Waals surface area (Å²) in [6.07, 6.45) is 4.79. The lowest BCUT2D eigenvalue weighted by Crippen LogP contribution is -2.19. The summed E-state index contributed by atoms with van der Waals surface area (Å²) in [5.74, 6) is 1.75. The van der Waals surface area contributed by atoms with Gasteiger partial charge in [0.2, 0.25) is 11.7 Å². The number of hydrogen-bond acceptors (Lipinski definition) is 5. The molecular weight excluding hydrogens is 300 g/mol. The second-order valence-electron chi connectivity index (χ2n) is 6.35. The summed E-state index contributed by atoms with van der Waals surface area (Å²) in [5.41, 5.74) is 3.44. The van der Waals surface area contributed by atoms with Gasteiger partial charge in [-0.05, 0) is 37.1 Å². The average molecular weight is 320 g/mol. The second-order valence-corrected chi connectivity index (χ2v) is 6.35. The molecule has 0 aliphatic carbocycles. The molecule has 24 heavy (non-hydrogen) atoms. The molecule has 2 aromatic heterocycles. The van der Waals surface area contributed by atoms with Crippen molar-refractivity contribution in [1.82, 2.24) is 20.0 Å². The van der Waals surface area contributed by atoms with Gasteiger partial charge in [0.1, 0.15) is 0 Å².